The van der Waals surface area contributed by atoms with Gasteiger partial charge in [0.1, 0.15) is 5.01 Å². The largest absolute Gasteiger partial charge is 0.462 e. The van der Waals surface area contributed by atoms with E-state index in [9.17, 15) is 4.79 Å². The zero-order valence-electron chi connectivity index (χ0n) is 11.3. The van der Waals surface area contributed by atoms with E-state index in [1.54, 1.807) is 13.0 Å². The third kappa shape index (κ3) is 2.77. The normalized spacial score (nSPS) is 10.8. The molecule has 1 aromatic heterocycles. The molecule has 1 heterocycles. The lowest BCUT2D eigenvalue weighted by molar-refractivity contribution is 0.0526. The third-order valence-corrected chi connectivity index (χ3v) is 4.38. The van der Waals surface area contributed by atoms with Crippen molar-refractivity contribution in [3.8, 4) is 10.6 Å². The maximum Gasteiger partial charge on any atom is 0.338 e. The zero-order valence-corrected chi connectivity index (χ0v) is 12.9. The van der Waals surface area contributed by atoms with E-state index in [2.05, 4.69) is 4.98 Å². The van der Waals surface area contributed by atoms with Crippen LogP contribution >= 0.6 is 22.9 Å². The van der Waals surface area contributed by atoms with E-state index in [0.717, 1.165) is 20.8 Å². The van der Waals surface area contributed by atoms with Crippen molar-refractivity contribution in [2.24, 2.45) is 0 Å². The highest BCUT2D eigenvalue weighted by molar-refractivity contribution is 7.21. The second-order valence-electron chi connectivity index (χ2n) is 4.40. The summed E-state index contributed by atoms with van der Waals surface area (Å²) in [4.78, 5) is 16.3. The van der Waals surface area contributed by atoms with Crippen molar-refractivity contribution < 1.29 is 9.53 Å². The maximum atomic E-state index is 11.8. The lowest BCUT2D eigenvalue weighted by Gasteiger charge is -2.00. The van der Waals surface area contributed by atoms with Crippen LogP contribution in [0.5, 0.6) is 0 Å². The van der Waals surface area contributed by atoms with Crippen LogP contribution in [0, 0.1) is 0 Å². The van der Waals surface area contributed by atoms with Crippen molar-refractivity contribution in [2.45, 2.75) is 6.92 Å². The number of rotatable bonds is 3. The van der Waals surface area contributed by atoms with Crippen molar-refractivity contribution in [3.63, 3.8) is 0 Å². The number of hydrogen-bond acceptors (Lipinski definition) is 4. The Morgan fingerprint density at radius 2 is 2.10 bits per heavy atom. The lowest BCUT2D eigenvalue weighted by Crippen LogP contribution is -2.03. The van der Waals surface area contributed by atoms with Crippen molar-refractivity contribution in [2.75, 3.05) is 6.61 Å². The second kappa shape index (κ2) is 5.84. The van der Waals surface area contributed by atoms with Crippen molar-refractivity contribution in [1.29, 1.82) is 0 Å². The Hall–Kier alpha value is -1.91. The van der Waals surface area contributed by atoms with Crippen LogP contribution in [0.15, 0.2) is 42.5 Å². The van der Waals surface area contributed by atoms with Crippen LogP contribution in [0.2, 0.25) is 5.02 Å². The molecule has 0 bridgehead atoms. The van der Waals surface area contributed by atoms with Gasteiger partial charge in [-0.05, 0) is 31.2 Å². The first-order valence-electron chi connectivity index (χ1n) is 6.51. The molecule has 0 unspecified atom stereocenters. The molecule has 21 heavy (non-hydrogen) atoms. The first-order valence-corrected chi connectivity index (χ1v) is 7.71. The molecular formula is C16H12ClNO2S. The average Bonchev–Trinajstić information content (AvgIpc) is 2.90. The molecule has 3 nitrogen and oxygen atoms in total. The molecule has 0 aliphatic rings. The number of hydrogen-bond donors (Lipinski definition) is 0. The van der Waals surface area contributed by atoms with Crippen LogP contribution in [0.25, 0.3) is 20.8 Å². The first kappa shape index (κ1) is 14.0. The fraction of sp³-hybridized carbons (Fsp3) is 0.125. The van der Waals surface area contributed by atoms with Crippen molar-refractivity contribution in [1.82, 2.24) is 4.98 Å². The van der Waals surface area contributed by atoms with Crippen molar-refractivity contribution >= 4 is 39.1 Å². The predicted octanol–water partition coefficient (Wildman–Crippen LogP) is 4.79. The van der Waals surface area contributed by atoms with E-state index >= 15 is 0 Å². The topological polar surface area (TPSA) is 39.2 Å². The number of fused-ring (bicyclic) bond motifs is 1. The van der Waals surface area contributed by atoms with Gasteiger partial charge in [0.15, 0.2) is 0 Å². The minimum Gasteiger partial charge on any atom is -0.462 e. The molecule has 0 saturated heterocycles. The molecule has 0 aliphatic heterocycles. The van der Waals surface area contributed by atoms with Gasteiger partial charge in [0.25, 0.3) is 0 Å². The molecule has 0 saturated carbocycles. The Labute approximate surface area is 131 Å². The van der Waals surface area contributed by atoms with Crippen LogP contribution in [0.1, 0.15) is 17.3 Å². The van der Waals surface area contributed by atoms with Gasteiger partial charge in [-0.15, -0.1) is 11.3 Å². The number of carbonyl (C=O) groups excluding carboxylic acids is 1. The van der Waals surface area contributed by atoms with Gasteiger partial charge in [-0.2, -0.15) is 0 Å². The SMILES string of the molecule is CCOC(=O)c1ccc2nc(-c3ccccc3Cl)sc2c1. The number of thiazole rings is 1. The van der Waals surface area contributed by atoms with E-state index in [0.29, 0.717) is 17.2 Å². The van der Waals surface area contributed by atoms with E-state index in [1.165, 1.54) is 11.3 Å². The first-order chi connectivity index (χ1) is 10.2. The van der Waals surface area contributed by atoms with Gasteiger partial charge in [0.05, 0.1) is 27.4 Å². The molecule has 0 N–H and O–H groups in total. The van der Waals surface area contributed by atoms with Gasteiger partial charge < -0.3 is 4.74 Å². The number of nitrogens with zero attached hydrogens (tertiary/aromatic N) is 1. The van der Waals surface area contributed by atoms with Crippen LogP contribution in [0.3, 0.4) is 0 Å². The molecule has 106 valence electrons. The van der Waals surface area contributed by atoms with Crippen LogP contribution in [-0.4, -0.2) is 17.6 Å². The van der Waals surface area contributed by atoms with Crippen LogP contribution in [0.4, 0.5) is 0 Å². The molecule has 0 spiro atoms. The maximum absolute atomic E-state index is 11.8. The van der Waals surface area contributed by atoms with E-state index in [4.69, 9.17) is 16.3 Å². The Morgan fingerprint density at radius 3 is 2.86 bits per heavy atom. The van der Waals surface area contributed by atoms with E-state index in [-0.39, 0.29) is 5.97 Å². The summed E-state index contributed by atoms with van der Waals surface area (Å²) >= 11 is 7.71. The highest BCUT2D eigenvalue weighted by atomic mass is 35.5. The smallest absolute Gasteiger partial charge is 0.338 e. The molecule has 0 amide bonds. The summed E-state index contributed by atoms with van der Waals surface area (Å²) in [6.07, 6.45) is 0. The molecule has 0 radical (unpaired) electrons. The van der Waals surface area contributed by atoms with E-state index < -0.39 is 0 Å². The standard InChI is InChI=1S/C16H12ClNO2S/c1-2-20-16(19)10-7-8-13-14(9-10)21-15(18-13)11-5-3-4-6-12(11)17/h3-9H,2H2,1H3. The fourth-order valence-electron chi connectivity index (χ4n) is 2.02. The van der Waals surface area contributed by atoms with Gasteiger partial charge in [0.2, 0.25) is 0 Å². The summed E-state index contributed by atoms with van der Waals surface area (Å²) in [6.45, 7) is 2.16. The molecule has 0 fully saturated rings. The van der Waals surface area contributed by atoms with Gasteiger partial charge in [-0.1, -0.05) is 29.8 Å². The summed E-state index contributed by atoms with van der Waals surface area (Å²) in [5.41, 5.74) is 2.29. The zero-order chi connectivity index (χ0) is 14.8. The van der Waals surface area contributed by atoms with Crippen LogP contribution in [-0.2, 0) is 4.74 Å². The minimum atomic E-state index is -0.313. The number of aromatic nitrogens is 1. The number of esters is 1. The van der Waals surface area contributed by atoms with Gasteiger partial charge >= 0.3 is 5.97 Å². The summed E-state index contributed by atoms with van der Waals surface area (Å²) < 4.78 is 5.95. The van der Waals surface area contributed by atoms with Gasteiger partial charge in [-0.25, -0.2) is 9.78 Å². The average molecular weight is 318 g/mol. The molecule has 2 aromatic carbocycles. The monoisotopic (exact) mass is 317 g/mol. The quantitative estimate of drug-likeness (QED) is 0.652. The molecule has 0 aliphatic carbocycles. The lowest BCUT2D eigenvalue weighted by atomic mass is 10.2. The summed E-state index contributed by atoms with van der Waals surface area (Å²) in [7, 11) is 0. The van der Waals surface area contributed by atoms with Crippen LogP contribution < -0.4 is 0 Å². The third-order valence-electron chi connectivity index (χ3n) is 3.00. The molecule has 5 heteroatoms. The fourth-order valence-corrected chi connectivity index (χ4v) is 3.34. The Kier molecular flexibility index (Phi) is 3.90. The highest BCUT2D eigenvalue weighted by Crippen LogP contribution is 2.34. The number of halogens is 1. The minimum absolute atomic E-state index is 0.313. The number of ether oxygens (including phenoxy) is 1. The summed E-state index contributed by atoms with van der Waals surface area (Å²) in [5, 5.41) is 1.51. The Balaban J connectivity index is 2.05. The summed E-state index contributed by atoms with van der Waals surface area (Å²) in [6, 6.07) is 13.0. The predicted molar refractivity (Wildman–Crippen MR) is 86.0 cm³/mol. The Bertz CT molecular complexity index is 813. The number of benzene rings is 2. The molecule has 3 rings (SSSR count). The van der Waals surface area contributed by atoms with Gasteiger partial charge in [-0.3, -0.25) is 0 Å². The van der Waals surface area contributed by atoms with Crippen molar-refractivity contribution in [3.05, 3.63) is 53.1 Å². The second-order valence-corrected chi connectivity index (χ2v) is 5.84. The van der Waals surface area contributed by atoms with E-state index in [1.807, 2.05) is 36.4 Å². The molecule has 0 atom stereocenters. The Morgan fingerprint density at radius 1 is 1.29 bits per heavy atom. The number of carbonyl (C=O) groups is 1. The van der Waals surface area contributed by atoms with Gasteiger partial charge in [0, 0.05) is 5.56 Å². The highest BCUT2D eigenvalue weighted by Gasteiger charge is 2.12. The summed E-state index contributed by atoms with van der Waals surface area (Å²) in [5.74, 6) is -0.313. The molecular weight excluding hydrogens is 306 g/mol. The molecule has 3 aromatic rings.